The van der Waals surface area contributed by atoms with Gasteiger partial charge in [-0.05, 0) is 148 Å². The second-order valence-corrected chi connectivity index (χ2v) is 34.2. The molecule has 10 nitrogen and oxygen atoms in total. The zero-order chi connectivity index (χ0) is 81.2. The monoisotopic (exact) mass is 1610 g/mol. The Labute approximate surface area is 717 Å². The van der Waals surface area contributed by atoms with Gasteiger partial charge in [-0.3, -0.25) is 0 Å². The van der Waals surface area contributed by atoms with Crippen LogP contribution >= 0.6 is 22.7 Å². The number of hydrogen-bond donors (Lipinski definition) is 0. The third-order valence-corrected chi connectivity index (χ3v) is 27.3. The van der Waals surface area contributed by atoms with Gasteiger partial charge in [0.15, 0.2) is 34.9 Å². The number of benzene rings is 18. The molecule has 0 spiro atoms. The van der Waals surface area contributed by atoms with Crippen LogP contribution in [0.5, 0.6) is 0 Å². The molecule has 18 aromatic carbocycles. The zero-order valence-electron chi connectivity index (χ0n) is 66.4. The fraction of sp³-hybridized carbons (Fsp3) is 0. The normalized spacial score (nSPS) is 12.0. The highest BCUT2D eigenvalue weighted by Gasteiger charge is 2.26. The summed E-state index contributed by atoms with van der Waals surface area (Å²) in [6.45, 7) is 0. The largest absolute Gasteiger partial charge is 0.309 e. The van der Waals surface area contributed by atoms with E-state index in [0.717, 1.165) is 122 Å². The fourth-order valence-electron chi connectivity index (χ4n) is 19.4. The molecule has 576 valence electrons. The van der Waals surface area contributed by atoms with Gasteiger partial charge in [0.25, 0.3) is 0 Å². The molecule has 124 heavy (non-hydrogen) atoms. The Morgan fingerprint density at radius 2 is 0.556 bits per heavy atom. The van der Waals surface area contributed by atoms with E-state index in [4.69, 9.17) is 29.9 Å². The molecule has 0 amide bonds. The third-order valence-electron chi connectivity index (χ3n) is 25.0. The van der Waals surface area contributed by atoms with E-state index in [1.165, 1.54) is 94.6 Å². The Morgan fingerprint density at radius 3 is 1.21 bits per heavy atom. The number of hydrogen-bond acceptors (Lipinski definition) is 8. The van der Waals surface area contributed by atoms with Crippen molar-refractivity contribution in [2.24, 2.45) is 0 Å². The van der Waals surface area contributed by atoms with E-state index in [2.05, 4.69) is 364 Å². The molecule has 12 heteroatoms. The van der Waals surface area contributed by atoms with Crippen molar-refractivity contribution in [1.82, 2.24) is 48.2 Å². The van der Waals surface area contributed by atoms with E-state index in [1.807, 2.05) is 77.3 Å². The van der Waals surface area contributed by atoms with Crippen molar-refractivity contribution < 1.29 is 0 Å². The standard InChI is InChI=1S/C112H66N10S2/c1-5-24-67(25-6-1)73-49-56-94-91(64-73)82-38-13-17-42-92(82)119(94)80-50-52-83-85-54-55-86-84-39-15-19-44-99(84)124-106(86)105(85)122(97(83)65-80)79-37-23-35-77(62-79)112-117-109(71-30-11-4-12-31-71)114-110(118-112)75-33-21-32-72(60-75)74-47-46-68-48-57-95-102(90(68)63-74)87-40-14-18-43-93(87)120(95)81-51-53-88-98(66-81)121(96-58-59-101-104(103(88)96)89-41-16-20-45-100(89)123-101)78-36-22-34-76(61-78)111-115-107(69-26-7-2-8-27-69)113-108(116-111)70-28-9-3-10-29-70/h1-66H. The van der Waals surface area contributed by atoms with Gasteiger partial charge in [0.1, 0.15) is 0 Å². The van der Waals surface area contributed by atoms with Gasteiger partial charge < -0.3 is 18.3 Å². The van der Waals surface area contributed by atoms with Gasteiger partial charge in [-0.1, -0.05) is 285 Å². The second-order valence-electron chi connectivity index (χ2n) is 32.0. The quantitative estimate of drug-likeness (QED) is 0.121. The number of para-hydroxylation sites is 2. The maximum atomic E-state index is 5.52. The average Bonchev–Trinajstić information content (AvgIpc) is 1.56. The van der Waals surface area contributed by atoms with Crippen LogP contribution in [0.3, 0.4) is 0 Å². The van der Waals surface area contributed by atoms with Crippen LogP contribution in [0.4, 0.5) is 0 Å². The molecular weight excluding hydrogens is 1550 g/mol. The van der Waals surface area contributed by atoms with Gasteiger partial charge >= 0.3 is 0 Å². The minimum absolute atomic E-state index is 0.573. The van der Waals surface area contributed by atoms with E-state index >= 15 is 0 Å². The van der Waals surface area contributed by atoms with Gasteiger partial charge in [0.05, 0.1) is 48.8 Å². The number of fused-ring (bicyclic) bond motifs is 22. The first-order valence-electron chi connectivity index (χ1n) is 41.8. The second kappa shape index (κ2) is 27.7. The third kappa shape index (κ3) is 11.0. The van der Waals surface area contributed by atoms with Crippen molar-refractivity contribution in [3.05, 3.63) is 400 Å². The maximum Gasteiger partial charge on any atom is 0.164 e. The molecule has 8 heterocycles. The van der Waals surface area contributed by atoms with E-state index in [-0.39, 0.29) is 0 Å². The van der Waals surface area contributed by atoms with Crippen molar-refractivity contribution in [2.45, 2.75) is 0 Å². The number of aromatic nitrogens is 10. The van der Waals surface area contributed by atoms with Gasteiger partial charge in [-0.15, -0.1) is 22.7 Å². The van der Waals surface area contributed by atoms with E-state index in [9.17, 15) is 0 Å². The van der Waals surface area contributed by atoms with Crippen LogP contribution in [-0.2, 0) is 0 Å². The molecule has 26 rings (SSSR count). The van der Waals surface area contributed by atoms with Crippen LogP contribution in [0.2, 0.25) is 0 Å². The van der Waals surface area contributed by atoms with Crippen LogP contribution in [0.1, 0.15) is 0 Å². The van der Waals surface area contributed by atoms with E-state index in [0.29, 0.717) is 34.9 Å². The topological polar surface area (TPSA) is 97.1 Å². The van der Waals surface area contributed by atoms with E-state index < -0.39 is 0 Å². The molecule has 0 fully saturated rings. The smallest absolute Gasteiger partial charge is 0.164 e. The molecule has 0 bridgehead atoms. The Morgan fingerprint density at radius 1 is 0.169 bits per heavy atom. The van der Waals surface area contributed by atoms with Gasteiger partial charge in [-0.25, -0.2) is 29.9 Å². The molecule has 0 N–H and O–H groups in total. The summed E-state index contributed by atoms with van der Waals surface area (Å²) >= 11 is 3.70. The summed E-state index contributed by atoms with van der Waals surface area (Å²) < 4.78 is 14.8. The highest BCUT2D eigenvalue weighted by Crippen LogP contribution is 2.49. The lowest BCUT2D eigenvalue weighted by molar-refractivity contribution is 1.07. The van der Waals surface area contributed by atoms with Crippen LogP contribution in [0.15, 0.2) is 400 Å². The summed E-state index contributed by atoms with van der Waals surface area (Å²) in [6.07, 6.45) is 0. The number of rotatable bonds is 12. The fourth-order valence-corrected chi connectivity index (χ4v) is 21.8. The van der Waals surface area contributed by atoms with Crippen molar-refractivity contribution in [3.63, 3.8) is 0 Å². The van der Waals surface area contributed by atoms with Crippen molar-refractivity contribution in [2.75, 3.05) is 0 Å². The van der Waals surface area contributed by atoms with E-state index in [1.54, 1.807) is 0 Å². The lowest BCUT2D eigenvalue weighted by atomic mass is 9.97. The molecule has 0 saturated carbocycles. The summed E-state index contributed by atoms with van der Waals surface area (Å²) in [6, 6.07) is 145. The molecule has 0 atom stereocenters. The predicted octanol–water partition coefficient (Wildman–Crippen LogP) is 29.7. The molecule has 0 saturated heterocycles. The SMILES string of the molecule is c1ccc(-c2ccc3c(c2)c2ccccc2n3-c2ccc3c4ccc5c6ccccc6sc5c4n(-c4cccc(-c5nc(-c6ccccc6)nc(-c6cccc(-c7ccc8ccc9c(c8c7)c7ccccc7n9-c7ccc8c9c%10c(ccc9n(-c9cccc(-c%11nc(-c%12ccccc%12)nc(-c%12ccccc%12)n%11)c9)c8c7)sc7ccccc7%10)c6)n5)c4)c3c2)cc1. The lowest BCUT2D eigenvalue weighted by Gasteiger charge is -2.13. The minimum atomic E-state index is 0.573. The van der Waals surface area contributed by atoms with Gasteiger partial charge in [0, 0.05) is 135 Å². The summed E-state index contributed by atoms with van der Waals surface area (Å²) in [5.41, 5.74) is 23.0. The van der Waals surface area contributed by atoms with Crippen LogP contribution in [0.25, 0.3) is 252 Å². The zero-order valence-corrected chi connectivity index (χ0v) is 68.0. The molecule has 0 aliphatic carbocycles. The number of thiophene rings is 2. The summed E-state index contributed by atoms with van der Waals surface area (Å²) in [7, 11) is 0. The molecule has 8 aromatic heterocycles. The summed E-state index contributed by atoms with van der Waals surface area (Å²) in [5.74, 6) is 3.57. The molecular formula is C112H66N10S2. The minimum Gasteiger partial charge on any atom is -0.309 e. The molecule has 26 aromatic rings. The first-order valence-corrected chi connectivity index (χ1v) is 43.4. The Kier molecular flexibility index (Phi) is 15.6. The van der Waals surface area contributed by atoms with Crippen LogP contribution in [-0.4, -0.2) is 48.2 Å². The van der Waals surface area contributed by atoms with Crippen molar-refractivity contribution in [3.8, 4) is 113 Å². The first-order chi connectivity index (χ1) is 61.4. The Hall–Kier alpha value is -16.1. The predicted molar refractivity (Wildman–Crippen MR) is 517 cm³/mol. The van der Waals surface area contributed by atoms with Crippen molar-refractivity contribution >= 4 is 161 Å². The Balaban J connectivity index is 0.605. The van der Waals surface area contributed by atoms with Gasteiger partial charge in [0.2, 0.25) is 0 Å². The maximum absolute atomic E-state index is 5.52. The molecule has 0 aliphatic heterocycles. The summed E-state index contributed by atoms with van der Waals surface area (Å²) in [4.78, 5) is 31.8. The van der Waals surface area contributed by atoms with Gasteiger partial charge in [-0.2, -0.15) is 0 Å². The van der Waals surface area contributed by atoms with Crippen molar-refractivity contribution in [1.29, 1.82) is 0 Å². The molecule has 0 unspecified atom stereocenters. The molecule has 0 radical (unpaired) electrons. The van der Waals surface area contributed by atoms with Crippen LogP contribution < -0.4 is 0 Å². The lowest BCUT2D eigenvalue weighted by Crippen LogP contribution is -2.01. The summed E-state index contributed by atoms with van der Waals surface area (Å²) in [5, 5.41) is 16.8. The van der Waals surface area contributed by atoms with Crippen LogP contribution in [0, 0.1) is 0 Å². The average molecular weight is 1620 g/mol. The highest BCUT2D eigenvalue weighted by atomic mass is 32.1. The first kappa shape index (κ1) is 69.8. The Bertz CT molecular complexity index is 8890. The number of nitrogens with zero attached hydrogens (tertiary/aromatic N) is 10. The highest BCUT2D eigenvalue weighted by molar-refractivity contribution is 7.27. The molecule has 0 aliphatic rings.